The van der Waals surface area contributed by atoms with E-state index in [1.165, 1.54) is 54.6 Å². The third-order valence-electron chi connectivity index (χ3n) is 6.30. The third kappa shape index (κ3) is 6.32. The molecule has 0 radical (unpaired) electrons. The fourth-order valence-electron chi connectivity index (χ4n) is 4.20. The van der Waals surface area contributed by atoms with E-state index in [9.17, 15) is 38.2 Å². The Kier molecular flexibility index (Phi) is 8.22. The zero-order valence-corrected chi connectivity index (χ0v) is 23.7. The van der Waals surface area contributed by atoms with Gasteiger partial charge in [0.15, 0.2) is 5.82 Å². The molecule has 44 heavy (non-hydrogen) atoms. The monoisotopic (exact) mass is 667 g/mol. The maximum atomic E-state index is 13.4. The van der Waals surface area contributed by atoms with Gasteiger partial charge in [0.05, 0.1) is 37.0 Å². The van der Waals surface area contributed by atoms with Gasteiger partial charge in [-0.05, 0) is 64.0 Å². The van der Waals surface area contributed by atoms with E-state index in [2.05, 4.69) is 26.0 Å². The molecular weight excluding hydrogens is 651 g/mol. The number of halogens is 4. The quantitative estimate of drug-likeness (QED) is 0.0973. The lowest BCUT2D eigenvalue weighted by Crippen LogP contribution is -2.20. The lowest BCUT2D eigenvalue weighted by molar-refractivity contribution is -0.386. The van der Waals surface area contributed by atoms with Crippen molar-refractivity contribution in [1.82, 2.24) is 9.66 Å². The molecule has 0 atom stereocenters. The van der Waals surface area contributed by atoms with Gasteiger partial charge in [0.25, 0.3) is 11.2 Å². The van der Waals surface area contributed by atoms with Crippen molar-refractivity contribution in [2.75, 3.05) is 0 Å². The highest BCUT2D eigenvalue weighted by atomic mass is 79.9. The zero-order valence-electron chi connectivity index (χ0n) is 22.1. The summed E-state index contributed by atoms with van der Waals surface area (Å²) in [5, 5.41) is 27.1. The first-order valence-electron chi connectivity index (χ1n) is 12.5. The molecule has 0 bridgehead atoms. The van der Waals surface area contributed by atoms with Crippen molar-refractivity contribution in [2.24, 2.45) is 5.10 Å². The van der Waals surface area contributed by atoms with E-state index >= 15 is 0 Å². The Morgan fingerprint density at radius 3 is 2.36 bits per heavy atom. The Balaban J connectivity index is 1.54. The predicted molar refractivity (Wildman–Crippen MR) is 158 cm³/mol. The number of hydrogen-bond donors (Lipinski definition) is 0. The van der Waals surface area contributed by atoms with Crippen LogP contribution in [0, 0.1) is 20.2 Å². The smallest absolute Gasteiger partial charge is 0.416 e. The second-order valence-electron chi connectivity index (χ2n) is 9.21. The van der Waals surface area contributed by atoms with Crippen LogP contribution in [-0.4, -0.2) is 25.7 Å². The van der Waals surface area contributed by atoms with E-state index in [4.69, 9.17) is 4.74 Å². The molecule has 0 saturated heterocycles. The predicted octanol–water partition coefficient (Wildman–Crippen LogP) is 7.12. The Hall–Kier alpha value is -5.44. The summed E-state index contributed by atoms with van der Waals surface area (Å²) in [6.07, 6.45) is -3.51. The number of nitro benzene ring substituents is 2. The van der Waals surface area contributed by atoms with Crippen molar-refractivity contribution >= 4 is 44.4 Å². The van der Waals surface area contributed by atoms with Crippen LogP contribution in [0.4, 0.5) is 24.5 Å². The number of fused-ring (bicyclic) bond motifs is 1. The minimum atomic E-state index is -4.64. The van der Waals surface area contributed by atoms with Crippen molar-refractivity contribution in [3.63, 3.8) is 0 Å². The van der Waals surface area contributed by atoms with Gasteiger partial charge in [-0.3, -0.25) is 25.0 Å². The van der Waals surface area contributed by atoms with Gasteiger partial charge in [-0.1, -0.05) is 24.3 Å². The van der Waals surface area contributed by atoms with Gasteiger partial charge in [-0.25, -0.2) is 4.98 Å². The van der Waals surface area contributed by atoms with E-state index in [0.717, 1.165) is 29.1 Å². The molecule has 0 unspecified atom stereocenters. The summed E-state index contributed by atoms with van der Waals surface area (Å²) in [4.78, 5) is 39.3. The molecule has 0 spiro atoms. The molecule has 0 fully saturated rings. The van der Waals surface area contributed by atoms with Crippen molar-refractivity contribution in [2.45, 2.75) is 12.8 Å². The van der Waals surface area contributed by atoms with Crippen molar-refractivity contribution in [3.8, 4) is 17.1 Å². The number of ether oxygens (including phenoxy) is 1. The molecule has 11 nitrogen and oxygen atoms in total. The van der Waals surface area contributed by atoms with Crippen molar-refractivity contribution < 1.29 is 27.8 Å². The number of alkyl halides is 3. The average molecular weight is 668 g/mol. The van der Waals surface area contributed by atoms with Crippen LogP contribution in [0.1, 0.15) is 16.7 Å². The molecule has 0 aliphatic heterocycles. The lowest BCUT2D eigenvalue weighted by atomic mass is 10.1. The van der Waals surface area contributed by atoms with Gasteiger partial charge in [-0.2, -0.15) is 22.9 Å². The van der Waals surface area contributed by atoms with Crippen LogP contribution >= 0.6 is 15.9 Å². The summed E-state index contributed by atoms with van der Waals surface area (Å²) in [5.74, 6) is -0.299. The van der Waals surface area contributed by atoms with Gasteiger partial charge >= 0.3 is 11.9 Å². The van der Waals surface area contributed by atoms with E-state index in [0.29, 0.717) is 5.56 Å². The zero-order chi connectivity index (χ0) is 31.6. The number of hydrogen-bond acceptors (Lipinski definition) is 8. The number of rotatable bonds is 8. The number of para-hydroxylation sites is 1. The van der Waals surface area contributed by atoms with E-state index in [1.807, 2.05) is 0 Å². The number of benzene rings is 4. The van der Waals surface area contributed by atoms with Crippen molar-refractivity contribution in [3.05, 3.63) is 137 Å². The standard InChI is InChI=1S/C29H17BrF3N5O6/c30-23-12-18(13-25(38(42)43)26(23)44-16-17-8-10-21(11-9-17)37(40)41)15-34-36-27(19-4-3-5-20(14-19)29(31,32)33)35-24-7-2-1-6-22(24)28(36)39/h1-15H,16H2. The molecule has 5 aromatic rings. The minimum absolute atomic E-state index is 0.0259. The molecular formula is C29H17BrF3N5O6. The molecule has 0 N–H and O–H groups in total. The first-order valence-corrected chi connectivity index (χ1v) is 13.3. The maximum Gasteiger partial charge on any atom is 0.416 e. The van der Waals surface area contributed by atoms with Gasteiger partial charge in [0.2, 0.25) is 5.75 Å². The molecule has 0 amide bonds. The molecule has 15 heteroatoms. The van der Waals surface area contributed by atoms with Gasteiger partial charge in [-0.15, -0.1) is 0 Å². The van der Waals surface area contributed by atoms with Gasteiger partial charge in [0, 0.05) is 29.3 Å². The van der Waals surface area contributed by atoms with Crippen LogP contribution in [0.25, 0.3) is 22.3 Å². The molecule has 1 heterocycles. The summed E-state index contributed by atoms with van der Waals surface area (Å²) >= 11 is 3.25. The number of nitro groups is 2. The second kappa shape index (κ2) is 12.0. The van der Waals surface area contributed by atoms with Gasteiger partial charge in [0.1, 0.15) is 6.61 Å². The van der Waals surface area contributed by atoms with Crippen LogP contribution < -0.4 is 10.3 Å². The highest BCUT2D eigenvalue weighted by Crippen LogP contribution is 2.37. The topological polar surface area (TPSA) is 143 Å². The fourth-order valence-corrected chi connectivity index (χ4v) is 4.78. The second-order valence-corrected chi connectivity index (χ2v) is 10.1. The summed E-state index contributed by atoms with van der Waals surface area (Å²) in [6, 6.07) is 18.6. The van der Waals surface area contributed by atoms with Crippen molar-refractivity contribution in [1.29, 1.82) is 0 Å². The molecule has 4 aromatic carbocycles. The maximum absolute atomic E-state index is 13.4. The van der Waals surface area contributed by atoms with Crippen LogP contribution in [0.5, 0.6) is 5.75 Å². The van der Waals surface area contributed by atoms with E-state index < -0.39 is 32.8 Å². The van der Waals surface area contributed by atoms with Gasteiger partial charge < -0.3 is 4.74 Å². The Labute approximate surface area is 253 Å². The number of aromatic nitrogens is 2. The largest absolute Gasteiger partial charge is 0.481 e. The fraction of sp³-hybridized carbons (Fsp3) is 0.0690. The number of non-ortho nitro benzene ring substituents is 1. The molecule has 222 valence electrons. The average Bonchev–Trinajstić information content (AvgIpc) is 2.99. The minimum Gasteiger partial charge on any atom is -0.481 e. The number of nitrogens with zero attached hydrogens (tertiary/aromatic N) is 5. The molecule has 5 rings (SSSR count). The normalized spacial score (nSPS) is 11.6. The highest BCUT2D eigenvalue weighted by Gasteiger charge is 2.31. The summed E-state index contributed by atoms with van der Waals surface area (Å²) < 4.78 is 47.0. The Bertz CT molecular complexity index is 2010. The summed E-state index contributed by atoms with van der Waals surface area (Å²) in [6.45, 7) is -0.136. The summed E-state index contributed by atoms with van der Waals surface area (Å²) in [7, 11) is 0. The Morgan fingerprint density at radius 1 is 0.955 bits per heavy atom. The Morgan fingerprint density at radius 2 is 1.68 bits per heavy atom. The van der Waals surface area contributed by atoms with Crippen LogP contribution in [-0.2, 0) is 12.8 Å². The molecule has 0 aliphatic carbocycles. The molecule has 0 aliphatic rings. The lowest BCUT2D eigenvalue weighted by Gasteiger charge is -2.12. The van der Waals surface area contributed by atoms with Crippen LogP contribution in [0.3, 0.4) is 0 Å². The first-order chi connectivity index (χ1) is 20.9. The first kappa shape index (κ1) is 30.0. The SMILES string of the molecule is O=c1c2ccccc2nc(-c2cccc(C(F)(F)F)c2)n1N=Cc1cc(Br)c(OCc2ccc([N+](=O)[O-])cc2)c([N+](=O)[O-])c1. The highest BCUT2D eigenvalue weighted by molar-refractivity contribution is 9.10. The molecule has 1 aromatic heterocycles. The van der Waals surface area contributed by atoms with E-state index in [1.54, 1.807) is 12.1 Å². The van der Waals surface area contributed by atoms with Crippen LogP contribution in [0.2, 0.25) is 0 Å². The third-order valence-corrected chi connectivity index (χ3v) is 6.89. The summed E-state index contributed by atoms with van der Waals surface area (Å²) in [5.41, 5.74) is -1.31. The molecule has 0 saturated carbocycles. The van der Waals surface area contributed by atoms with E-state index in [-0.39, 0.29) is 50.4 Å². The van der Waals surface area contributed by atoms with Crippen LogP contribution in [0.15, 0.2) is 99.3 Å².